The maximum absolute atomic E-state index is 12.2. The van der Waals surface area contributed by atoms with Gasteiger partial charge in [-0.25, -0.2) is 0 Å². The second kappa shape index (κ2) is 8.98. The Labute approximate surface area is 150 Å². The first-order valence-corrected chi connectivity index (χ1v) is 9.31. The van der Waals surface area contributed by atoms with Crippen molar-refractivity contribution in [1.29, 1.82) is 5.26 Å². The molecule has 1 amide bonds. The molecule has 5 nitrogen and oxygen atoms in total. The van der Waals surface area contributed by atoms with Crippen molar-refractivity contribution in [2.24, 2.45) is 5.92 Å². The first-order chi connectivity index (χ1) is 12.2. The zero-order chi connectivity index (χ0) is 17.5. The van der Waals surface area contributed by atoms with E-state index >= 15 is 0 Å². The Morgan fingerprint density at radius 3 is 2.44 bits per heavy atom. The van der Waals surface area contributed by atoms with E-state index in [1.807, 2.05) is 29.2 Å². The lowest BCUT2D eigenvalue weighted by molar-refractivity contribution is -0.131. The number of ether oxygens (including phenoxy) is 1. The van der Waals surface area contributed by atoms with Crippen LogP contribution in [0.1, 0.15) is 36.8 Å². The molecule has 134 valence electrons. The first kappa shape index (κ1) is 17.9. The number of hydrogen-bond donors (Lipinski definition) is 0. The third kappa shape index (κ3) is 5.29. The zero-order valence-corrected chi connectivity index (χ0v) is 14.8. The summed E-state index contributed by atoms with van der Waals surface area (Å²) in [6, 6.07) is 9.68. The van der Waals surface area contributed by atoms with Crippen LogP contribution in [0.2, 0.25) is 0 Å². The number of benzene rings is 1. The second-order valence-electron chi connectivity index (χ2n) is 7.13. The van der Waals surface area contributed by atoms with Crippen molar-refractivity contribution in [3.63, 3.8) is 0 Å². The summed E-state index contributed by atoms with van der Waals surface area (Å²) in [7, 11) is 0. The lowest BCUT2D eigenvalue weighted by atomic mass is 9.98. The Bertz CT molecular complexity index is 594. The molecule has 25 heavy (non-hydrogen) atoms. The molecule has 2 fully saturated rings. The summed E-state index contributed by atoms with van der Waals surface area (Å²) in [5.41, 5.74) is 1.78. The number of nitrogens with zero attached hydrogens (tertiary/aromatic N) is 3. The molecule has 2 heterocycles. The van der Waals surface area contributed by atoms with Crippen LogP contribution in [0.5, 0.6) is 0 Å². The molecule has 0 N–H and O–H groups in total. The topological polar surface area (TPSA) is 56.6 Å². The van der Waals surface area contributed by atoms with Gasteiger partial charge in [0.2, 0.25) is 5.91 Å². The van der Waals surface area contributed by atoms with Gasteiger partial charge in [0.25, 0.3) is 0 Å². The molecule has 2 saturated heterocycles. The quantitative estimate of drug-likeness (QED) is 0.797. The Kier molecular flexibility index (Phi) is 6.43. The largest absolute Gasteiger partial charge is 0.376 e. The van der Waals surface area contributed by atoms with Crippen LogP contribution in [0.4, 0.5) is 0 Å². The summed E-state index contributed by atoms with van der Waals surface area (Å²) in [6.07, 6.45) is 4.51. The number of nitriles is 1. The Balaban J connectivity index is 1.32. The van der Waals surface area contributed by atoms with E-state index in [0.717, 1.165) is 64.0 Å². The summed E-state index contributed by atoms with van der Waals surface area (Å²) >= 11 is 0. The van der Waals surface area contributed by atoms with Gasteiger partial charge in [-0.05, 0) is 62.4 Å². The van der Waals surface area contributed by atoms with E-state index in [4.69, 9.17) is 10.00 Å². The summed E-state index contributed by atoms with van der Waals surface area (Å²) in [5.74, 6) is 0.879. The summed E-state index contributed by atoms with van der Waals surface area (Å²) in [5, 5.41) is 8.80. The normalized spacial score (nSPS) is 19.1. The van der Waals surface area contributed by atoms with Crippen LogP contribution >= 0.6 is 0 Å². The SMILES string of the molecule is N#Cc1ccc(COCC2CCN(CC(=O)N3CCCC3)CC2)cc1. The summed E-state index contributed by atoms with van der Waals surface area (Å²) < 4.78 is 5.85. The average Bonchev–Trinajstić information content (AvgIpc) is 3.19. The fraction of sp³-hybridized carbons (Fsp3) is 0.600. The maximum atomic E-state index is 12.2. The summed E-state index contributed by atoms with van der Waals surface area (Å²) in [6.45, 7) is 5.82. The fourth-order valence-corrected chi connectivity index (χ4v) is 3.59. The number of amides is 1. The third-order valence-electron chi connectivity index (χ3n) is 5.23. The highest BCUT2D eigenvalue weighted by Gasteiger charge is 2.24. The van der Waals surface area contributed by atoms with E-state index in [1.165, 1.54) is 0 Å². The van der Waals surface area contributed by atoms with Gasteiger partial charge < -0.3 is 9.64 Å². The van der Waals surface area contributed by atoms with Crippen LogP contribution < -0.4 is 0 Å². The molecule has 0 unspecified atom stereocenters. The molecule has 2 aliphatic heterocycles. The molecule has 3 rings (SSSR count). The molecule has 0 atom stereocenters. The molecule has 1 aromatic carbocycles. The molecule has 0 spiro atoms. The van der Waals surface area contributed by atoms with Crippen LogP contribution in [0.25, 0.3) is 0 Å². The number of likely N-dealkylation sites (tertiary alicyclic amines) is 2. The number of piperidine rings is 1. The van der Waals surface area contributed by atoms with Gasteiger partial charge in [-0.3, -0.25) is 9.69 Å². The van der Waals surface area contributed by atoms with E-state index < -0.39 is 0 Å². The molecule has 2 aliphatic rings. The van der Waals surface area contributed by atoms with Crippen molar-refractivity contribution in [1.82, 2.24) is 9.80 Å². The lowest BCUT2D eigenvalue weighted by Crippen LogP contribution is -2.43. The van der Waals surface area contributed by atoms with Gasteiger partial charge >= 0.3 is 0 Å². The number of hydrogen-bond acceptors (Lipinski definition) is 4. The molecule has 0 aliphatic carbocycles. The van der Waals surface area contributed by atoms with Crippen molar-refractivity contribution in [2.45, 2.75) is 32.3 Å². The standard InChI is InChI=1S/C20H27N3O2/c21-13-17-3-5-18(6-4-17)15-25-16-19-7-11-22(12-8-19)14-20(24)23-9-1-2-10-23/h3-6,19H,1-2,7-12,14-16H2. The number of carbonyl (C=O) groups excluding carboxylic acids is 1. The highest BCUT2D eigenvalue weighted by molar-refractivity contribution is 5.78. The Hall–Kier alpha value is -1.90. The van der Waals surface area contributed by atoms with Gasteiger partial charge in [0, 0.05) is 19.7 Å². The van der Waals surface area contributed by atoms with E-state index in [1.54, 1.807) is 0 Å². The Morgan fingerprint density at radius 1 is 1.12 bits per heavy atom. The second-order valence-corrected chi connectivity index (χ2v) is 7.13. The molecule has 0 radical (unpaired) electrons. The molecule has 0 bridgehead atoms. The molecule has 0 aromatic heterocycles. The minimum absolute atomic E-state index is 0.299. The molecule has 0 saturated carbocycles. The number of rotatable bonds is 6. The lowest BCUT2D eigenvalue weighted by Gasteiger charge is -2.32. The minimum atomic E-state index is 0.299. The van der Waals surface area contributed by atoms with Gasteiger partial charge in [-0.15, -0.1) is 0 Å². The van der Waals surface area contributed by atoms with Crippen molar-refractivity contribution < 1.29 is 9.53 Å². The smallest absolute Gasteiger partial charge is 0.236 e. The summed E-state index contributed by atoms with van der Waals surface area (Å²) in [4.78, 5) is 16.5. The van der Waals surface area contributed by atoms with Crippen LogP contribution in [0, 0.1) is 17.2 Å². The predicted octanol–water partition coefficient (Wildman–Crippen LogP) is 2.41. The van der Waals surface area contributed by atoms with Gasteiger partial charge in [0.05, 0.1) is 24.8 Å². The van der Waals surface area contributed by atoms with Gasteiger partial charge in [0.1, 0.15) is 0 Å². The van der Waals surface area contributed by atoms with Gasteiger partial charge in [-0.1, -0.05) is 12.1 Å². The predicted molar refractivity (Wildman–Crippen MR) is 95.8 cm³/mol. The first-order valence-electron chi connectivity index (χ1n) is 9.31. The monoisotopic (exact) mass is 341 g/mol. The van der Waals surface area contributed by atoms with Crippen LogP contribution in [-0.4, -0.2) is 55.0 Å². The Morgan fingerprint density at radius 2 is 1.80 bits per heavy atom. The van der Waals surface area contributed by atoms with Crippen molar-refractivity contribution in [2.75, 3.05) is 39.3 Å². The highest BCUT2D eigenvalue weighted by atomic mass is 16.5. The van der Waals surface area contributed by atoms with E-state index in [0.29, 0.717) is 30.5 Å². The van der Waals surface area contributed by atoms with Gasteiger partial charge in [0.15, 0.2) is 0 Å². The van der Waals surface area contributed by atoms with Crippen LogP contribution in [0.15, 0.2) is 24.3 Å². The molecular formula is C20H27N3O2. The zero-order valence-electron chi connectivity index (χ0n) is 14.8. The maximum Gasteiger partial charge on any atom is 0.236 e. The van der Waals surface area contributed by atoms with Crippen molar-refractivity contribution >= 4 is 5.91 Å². The van der Waals surface area contributed by atoms with E-state index in [2.05, 4.69) is 11.0 Å². The van der Waals surface area contributed by atoms with Crippen LogP contribution in [-0.2, 0) is 16.1 Å². The van der Waals surface area contributed by atoms with Crippen molar-refractivity contribution in [3.8, 4) is 6.07 Å². The third-order valence-corrected chi connectivity index (χ3v) is 5.23. The van der Waals surface area contributed by atoms with E-state index in [9.17, 15) is 4.79 Å². The van der Waals surface area contributed by atoms with Crippen LogP contribution in [0.3, 0.4) is 0 Å². The average molecular weight is 341 g/mol. The molecular weight excluding hydrogens is 314 g/mol. The van der Waals surface area contributed by atoms with E-state index in [-0.39, 0.29) is 0 Å². The van der Waals surface area contributed by atoms with Gasteiger partial charge in [-0.2, -0.15) is 5.26 Å². The fourth-order valence-electron chi connectivity index (χ4n) is 3.59. The minimum Gasteiger partial charge on any atom is -0.376 e. The molecule has 5 heteroatoms. The highest BCUT2D eigenvalue weighted by Crippen LogP contribution is 2.19. The van der Waals surface area contributed by atoms with Crippen molar-refractivity contribution in [3.05, 3.63) is 35.4 Å². The molecule has 1 aromatic rings. The number of carbonyl (C=O) groups is 1.